The Morgan fingerprint density at radius 3 is 2.38 bits per heavy atom. The van der Waals surface area contributed by atoms with Gasteiger partial charge in [-0.25, -0.2) is 8.78 Å². The van der Waals surface area contributed by atoms with Gasteiger partial charge in [0.25, 0.3) is 11.7 Å². The number of carbonyl (C=O) groups is 2. The van der Waals surface area contributed by atoms with Crippen LogP contribution < -0.4 is 10.2 Å². The van der Waals surface area contributed by atoms with Crippen LogP contribution in [0.1, 0.15) is 10.4 Å². The van der Waals surface area contributed by atoms with Crippen molar-refractivity contribution in [3.05, 3.63) is 53.6 Å². The monoisotopic (exact) mass is 288 g/mol. The van der Waals surface area contributed by atoms with Gasteiger partial charge in [0.1, 0.15) is 11.6 Å². The molecule has 4 nitrogen and oxygen atoms in total. The lowest BCUT2D eigenvalue weighted by atomic mass is 10.1. The number of fused-ring (bicyclic) bond motifs is 1. The number of nitrogens with one attached hydrogen (secondary N) is 1. The fraction of sp³-hybridized carbons (Fsp3) is 0.0667. The zero-order valence-corrected chi connectivity index (χ0v) is 11.0. The number of benzene rings is 2. The predicted molar refractivity (Wildman–Crippen MR) is 73.8 cm³/mol. The Bertz CT molecular complexity index is 757. The first-order chi connectivity index (χ1) is 9.97. The average Bonchev–Trinajstić information content (AvgIpc) is 2.73. The lowest BCUT2D eigenvalue weighted by molar-refractivity contribution is -0.112. The lowest BCUT2D eigenvalue weighted by Gasteiger charge is -2.20. The van der Waals surface area contributed by atoms with Crippen molar-refractivity contribution >= 4 is 28.8 Å². The van der Waals surface area contributed by atoms with Gasteiger partial charge in [-0.2, -0.15) is 0 Å². The smallest absolute Gasteiger partial charge is 0.296 e. The quantitative estimate of drug-likeness (QED) is 0.864. The maximum atomic E-state index is 14.2. The fourth-order valence-corrected chi connectivity index (χ4v) is 2.22. The molecule has 3 rings (SSSR count). The summed E-state index contributed by atoms with van der Waals surface area (Å²) in [6.07, 6.45) is 0. The molecule has 0 saturated carbocycles. The Hall–Kier alpha value is -2.76. The molecule has 0 spiro atoms. The molecule has 21 heavy (non-hydrogen) atoms. The Morgan fingerprint density at radius 2 is 1.71 bits per heavy atom. The highest BCUT2D eigenvalue weighted by atomic mass is 19.1. The molecule has 0 radical (unpaired) electrons. The van der Waals surface area contributed by atoms with Gasteiger partial charge in [-0.15, -0.1) is 0 Å². The molecular formula is C15H10F2N2O2. The highest BCUT2D eigenvalue weighted by molar-refractivity contribution is 6.51. The molecule has 1 aliphatic heterocycles. The van der Waals surface area contributed by atoms with E-state index in [4.69, 9.17) is 0 Å². The molecule has 2 aromatic rings. The molecule has 0 atom stereocenters. The second-order valence-corrected chi connectivity index (χ2v) is 4.67. The van der Waals surface area contributed by atoms with E-state index in [-0.39, 0.29) is 22.8 Å². The molecule has 2 aromatic carbocycles. The maximum Gasteiger partial charge on any atom is 0.296 e. The van der Waals surface area contributed by atoms with Crippen LogP contribution in [0.15, 0.2) is 36.4 Å². The fourth-order valence-electron chi connectivity index (χ4n) is 2.22. The molecule has 0 unspecified atom stereocenters. The number of ketones is 1. The van der Waals surface area contributed by atoms with E-state index in [0.29, 0.717) is 5.69 Å². The average molecular weight is 288 g/mol. The summed E-state index contributed by atoms with van der Waals surface area (Å²) in [5, 5.41) is 2.39. The first kappa shape index (κ1) is 13.2. The number of Topliss-reactive ketones (excluding diaryl/α,β-unsaturated/α-hetero) is 1. The summed E-state index contributed by atoms with van der Waals surface area (Å²) >= 11 is 0. The van der Waals surface area contributed by atoms with Crippen molar-refractivity contribution in [2.45, 2.75) is 0 Å². The third kappa shape index (κ3) is 2.14. The molecule has 1 aliphatic rings. The van der Waals surface area contributed by atoms with Crippen molar-refractivity contribution in [2.24, 2.45) is 0 Å². The normalized spacial score (nSPS) is 13.1. The second kappa shape index (κ2) is 4.66. The Kier molecular flexibility index (Phi) is 2.94. The predicted octanol–water partition coefficient (Wildman–Crippen LogP) is 2.87. The Morgan fingerprint density at radius 1 is 1.05 bits per heavy atom. The zero-order valence-electron chi connectivity index (χ0n) is 11.0. The van der Waals surface area contributed by atoms with E-state index < -0.39 is 17.5 Å². The number of rotatable bonds is 2. The molecular weight excluding hydrogens is 278 g/mol. The van der Waals surface area contributed by atoms with E-state index in [1.807, 2.05) is 0 Å². The number of anilines is 3. The minimum absolute atomic E-state index is 0.0220. The molecule has 0 saturated heterocycles. The minimum atomic E-state index is -0.772. The van der Waals surface area contributed by atoms with Crippen molar-refractivity contribution in [3.8, 4) is 0 Å². The van der Waals surface area contributed by atoms with Crippen LogP contribution in [-0.4, -0.2) is 18.7 Å². The first-order valence-corrected chi connectivity index (χ1v) is 6.16. The van der Waals surface area contributed by atoms with Gasteiger partial charge in [-0.1, -0.05) is 0 Å². The summed E-state index contributed by atoms with van der Waals surface area (Å²) in [5.74, 6) is -2.55. The van der Waals surface area contributed by atoms with Gasteiger partial charge in [-0.3, -0.25) is 9.59 Å². The van der Waals surface area contributed by atoms with E-state index in [9.17, 15) is 18.4 Å². The van der Waals surface area contributed by atoms with Crippen LogP contribution in [0.25, 0.3) is 0 Å². The van der Waals surface area contributed by atoms with Gasteiger partial charge in [0.05, 0.1) is 16.9 Å². The van der Waals surface area contributed by atoms with Crippen LogP contribution in [0.3, 0.4) is 0 Å². The molecule has 0 aliphatic carbocycles. The van der Waals surface area contributed by atoms with E-state index in [2.05, 4.69) is 5.32 Å². The zero-order chi connectivity index (χ0) is 15.1. The first-order valence-electron chi connectivity index (χ1n) is 6.16. The number of hydrogen-bond acceptors (Lipinski definition) is 3. The summed E-state index contributed by atoms with van der Waals surface area (Å²) in [6.45, 7) is 0. The van der Waals surface area contributed by atoms with Gasteiger partial charge in [0.15, 0.2) is 0 Å². The highest BCUT2D eigenvalue weighted by Gasteiger charge is 2.30. The standard InChI is InChI=1S/C15H10F2N2O2/c1-19(9-4-2-8(16)3-5-9)13-7-12-10(6-11(13)17)14(20)15(21)18-12/h2-7H,1H3,(H,18,20,21). The van der Waals surface area contributed by atoms with Crippen molar-refractivity contribution in [3.63, 3.8) is 0 Å². The minimum Gasteiger partial charge on any atom is -0.342 e. The van der Waals surface area contributed by atoms with Crippen molar-refractivity contribution in [2.75, 3.05) is 17.3 Å². The second-order valence-electron chi connectivity index (χ2n) is 4.67. The third-order valence-electron chi connectivity index (χ3n) is 3.36. The summed E-state index contributed by atoms with van der Waals surface area (Å²) in [5.41, 5.74) is 1.05. The molecule has 0 aromatic heterocycles. The van der Waals surface area contributed by atoms with E-state index in [1.165, 1.54) is 35.2 Å². The van der Waals surface area contributed by atoms with Crippen LogP contribution in [0.5, 0.6) is 0 Å². The highest BCUT2D eigenvalue weighted by Crippen LogP contribution is 2.33. The number of amides is 1. The molecule has 1 N–H and O–H groups in total. The SMILES string of the molecule is CN(c1ccc(F)cc1)c1cc2c(cc1F)C(=O)C(=O)N2. The topological polar surface area (TPSA) is 49.4 Å². The molecule has 1 amide bonds. The van der Waals surface area contributed by atoms with Gasteiger partial charge in [0, 0.05) is 12.7 Å². The molecule has 6 heteroatoms. The van der Waals surface area contributed by atoms with E-state index in [1.54, 1.807) is 7.05 Å². The van der Waals surface area contributed by atoms with Crippen LogP contribution in [0.2, 0.25) is 0 Å². The van der Waals surface area contributed by atoms with Crippen LogP contribution in [-0.2, 0) is 4.79 Å². The van der Waals surface area contributed by atoms with Crippen LogP contribution in [0.4, 0.5) is 25.8 Å². The van der Waals surface area contributed by atoms with Gasteiger partial charge in [0.2, 0.25) is 0 Å². The largest absolute Gasteiger partial charge is 0.342 e. The van der Waals surface area contributed by atoms with Crippen molar-refractivity contribution < 1.29 is 18.4 Å². The van der Waals surface area contributed by atoms with Crippen LogP contribution >= 0.6 is 0 Å². The summed E-state index contributed by atoms with van der Waals surface area (Å²) in [7, 11) is 1.61. The summed E-state index contributed by atoms with van der Waals surface area (Å²) in [6, 6.07) is 7.96. The molecule has 1 heterocycles. The molecule has 0 bridgehead atoms. The van der Waals surface area contributed by atoms with Gasteiger partial charge in [-0.05, 0) is 36.4 Å². The van der Waals surface area contributed by atoms with Gasteiger partial charge >= 0.3 is 0 Å². The summed E-state index contributed by atoms with van der Waals surface area (Å²) in [4.78, 5) is 24.3. The molecule has 106 valence electrons. The maximum absolute atomic E-state index is 14.2. The Balaban J connectivity index is 2.04. The van der Waals surface area contributed by atoms with Crippen molar-refractivity contribution in [1.82, 2.24) is 0 Å². The van der Waals surface area contributed by atoms with Crippen LogP contribution in [0, 0.1) is 11.6 Å². The number of nitrogens with zero attached hydrogens (tertiary/aromatic N) is 1. The molecule has 0 fully saturated rings. The van der Waals surface area contributed by atoms with E-state index >= 15 is 0 Å². The summed E-state index contributed by atoms with van der Waals surface area (Å²) < 4.78 is 27.1. The number of hydrogen-bond donors (Lipinski definition) is 1. The Labute approximate surface area is 119 Å². The lowest BCUT2D eigenvalue weighted by Crippen LogP contribution is -2.12. The third-order valence-corrected chi connectivity index (χ3v) is 3.36. The van der Waals surface area contributed by atoms with Crippen molar-refractivity contribution in [1.29, 1.82) is 0 Å². The number of halogens is 2. The van der Waals surface area contributed by atoms with E-state index in [0.717, 1.165) is 6.07 Å². The van der Waals surface area contributed by atoms with Gasteiger partial charge < -0.3 is 10.2 Å². The number of carbonyl (C=O) groups excluding carboxylic acids is 2.